The monoisotopic (exact) mass is 365 g/mol. The summed E-state index contributed by atoms with van der Waals surface area (Å²) in [6.45, 7) is 6.13. The van der Waals surface area contributed by atoms with Crippen molar-refractivity contribution in [2.75, 3.05) is 24.6 Å². The first kappa shape index (κ1) is 17.8. The minimum Gasteiger partial charge on any atom is -0.335 e. The molecule has 7 nitrogen and oxygen atoms in total. The lowest BCUT2D eigenvalue weighted by Gasteiger charge is -2.44. The fourth-order valence-electron chi connectivity index (χ4n) is 3.65. The maximum Gasteiger partial charge on any atom is 0.256 e. The number of pyridine rings is 1. The fourth-order valence-corrected chi connectivity index (χ4v) is 5.63. The number of rotatable bonds is 2. The van der Waals surface area contributed by atoms with E-state index in [1.54, 1.807) is 35.9 Å². The molecule has 2 amide bonds. The van der Waals surface area contributed by atoms with E-state index in [0.717, 1.165) is 5.56 Å². The van der Waals surface area contributed by atoms with E-state index >= 15 is 0 Å². The van der Waals surface area contributed by atoms with Gasteiger partial charge in [0.2, 0.25) is 5.91 Å². The smallest absolute Gasteiger partial charge is 0.256 e. The molecule has 0 unspecified atom stereocenters. The third-order valence-electron chi connectivity index (χ3n) is 4.98. The van der Waals surface area contributed by atoms with E-state index in [2.05, 4.69) is 4.98 Å². The molecule has 136 valence electrons. The lowest BCUT2D eigenvalue weighted by Crippen LogP contribution is -2.62. The second-order valence-electron chi connectivity index (χ2n) is 7.09. The van der Waals surface area contributed by atoms with Gasteiger partial charge in [-0.15, -0.1) is 0 Å². The van der Waals surface area contributed by atoms with Crippen LogP contribution in [0.2, 0.25) is 0 Å². The molecule has 0 spiro atoms. The summed E-state index contributed by atoms with van der Waals surface area (Å²) in [5.41, 5.74) is 1.28. The van der Waals surface area contributed by atoms with Crippen LogP contribution in [0.5, 0.6) is 0 Å². The largest absolute Gasteiger partial charge is 0.335 e. The topological polar surface area (TPSA) is 87.7 Å². The van der Waals surface area contributed by atoms with Gasteiger partial charge in [-0.2, -0.15) is 0 Å². The molecule has 3 rings (SSSR count). The molecule has 1 aromatic rings. The van der Waals surface area contributed by atoms with Gasteiger partial charge in [0.15, 0.2) is 9.84 Å². The number of aromatic nitrogens is 1. The zero-order chi connectivity index (χ0) is 18.4. The van der Waals surface area contributed by atoms with E-state index in [0.29, 0.717) is 18.7 Å². The molecule has 0 saturated carbocycles. The van der Waals surface area contributed by atoms with Crippen LogP contribution >= 0.6 is 0 Å². The van der Waals surface area contributed by atoms with Gasteiger partial charge < -0.3 is 9.80 Å². The van der Waals surface area contributed by atoms with E-state index in [-0.39, 0.29) is 29.2 Å². The predicted molar refractivity (Wildman–Crippen MR) is 92.8 cm³/mol. The van der Waals surface area contributed by atoms with Crippen LogP contribution in [-0.4, -0.2) is 71.7 Å². The van der Waals surface area contributed by atoms with E-state index in [1.165, 1.54) is 6.20 Å². The van der Waals surface area contributed by atoms with E-state index < -0.39 is 21.9 Å². The van der Waals surface area contributed by atoms with Gasteiger partial charge in [0.25, 0.3) is 5.91 Å². The van der Waals surface area contributed by atoms with Gasteiger partial charge in [-0.25, -0.2) is 8.42 Å². The number of aryl methyl sites for hydroxylation is 1. The highest BCUT2D eigenvalue weighted by molar-refractivity contribution is 7.91. The quantitative estimate of drug-likeness (QED) is 0.761. The molecule has 0 aliphatic carbocycles. The standard InChI is InChI=1S/C17H23N3O4S/c1-11(2)16(21)19-6-7-20(15-10-25(23,24)9-14(15)19)17(22)13-8-18-5-4-12(13)3/h4-5,8,11,14-15H,6-7,9-10H2,1-3H3/t14-,15+/m1/s1. The Labute approximate surface area is 147 Å². The lowest BCUT2D eigenvalue weighted by molar-refractivity contribution is -0.139. The second-order valence-corrected chi connectivity index (χ2v) is 9.24. The highest BCUT2D eigenvalue weighted by Crippen LogP contribution is 2.29. The first-order valence-electron chi connectivity index (χ1n) is 8.44. The third kappa shape index (κ3) is 3.27. The van der Waals surface area contributed by atoms with Gasteiger partial charge >= 0.3 is 0 Å². The summed E-state index contributed by atoms with van der Waals surface area (Å²) in [5.74, 6) is -0.644. The third-order valence-corrected chi connectivity index (χ3v) is 6.68. The minimum atomic E-state index is -3.28. The maximum absolute atomic E-state index is 13.0. The van der Waals surface area contributed by atoms with Crippen molar-refractivity contribution in [3.05, 3.63) is 29.6 Å². The molecule has 3 heterocycles. The summed E-state index contributed by atoms with van der Waals surface area (Å²) in [6.07, 6.45) is 3.13. The fraction of sp³-hybridized carbons (Fsp3) is 0.588. The van der Waals surface area contributed by atoms with E-state index in [9.17, 15) is 18.0 Å². The molecule has 2 fully saturated rings. The van der Waals surface area contributed by atoms with Gasteiger partial charge in [0.05, 0.1) is 29.2 Å². The summed E-state index contributed by atoms with van der Waals surface area (Å²) in [7, 11) is -3.28. The Morgan fingerprint density at radius 3 is 2.36 bits per heavy atom. The Bertz CT molecular complexity index is 806. The molecule has 2 saturated heterocycles. The number of fused-ring (bicyclic) bond motifs is 1. The van der Waals surface area contributed by atoms with Gasteiger partial charge in [0.1, 0.15) is 0 Å². The highest BCUT2D eigenvalue weighted by Gasteiger charge is 2.49. The van der Waals surface area contributed by atoms with Crippen LogP contribution in [0, 0.1) is 12.8 Å². The average molecular weight is 365 g/mol. The highest BCUT2D eigenvalue weighted by atomic mass is 32.2. The number of hydrogen-bond donors (Lipinski definition) is 0. The Morgan fingerprint density at radius 1 is 1.16 bits per heavy atom. The molecule has 2 atom stereocenters. The average Bonchev–Trinajstić information content (AvgIpc) is 2.87. The van der Waals surface area contributed by atoms with Crippen LogP contribution in [-0.2, 0) is 14.6 Å². The Hall–Kier alpha value is -1.96. The SMILES string of the molecule is Cc1ccncc1C(=O)N1CCN(C(=O)C(C)C)[C@@H]2CS(=O)(=O)C[C@@H]21. The van der Waals surface area contributed by atoms with Crippen molar-refractivity contribution < 1.29 is 18.0 Å². The van der Waals surface area contributed by atoms with Crippen LogP contribution in [0.4, 0.5) is 0 Å². The molecular weight excluding hydrogens is 342 g/mol. The summed E-state index contributed by atoms with van der Waals surface area (Å²) in [6, 6.07) is 0.803. The number of amides is 2. The predicted octanol–water partition coefficient (Wildman–Crippen LogP) is 0.496. The number of sulfone groups is 1. The van der Waals surface area contributed by atoms with Gasteiger partial charge in [-0.3, -0.25) is 14.6 Å². The molecule has 0 N–H and O–H groups in total. The van der Waals surface area contributed by atoms with Gasteiger partial charge in [0, 0.05) is 31.4 Å². The number of hydrogen-bond acceptors (Lipinski definition) is 5. The second kappa shape index (κ2) is 6.40. The number of carbonyl (C=O) groups excluding carboxylic acids is 2. The Kier molecular flexibility index (Phi) is 4.57. The number of piperazine rings is 1. The Balaban J connectivity index is 1.93. The van der Waals surface area contributed by atoms with Crippen LogP contribution < -0.4 is 0 Å². The molecule has 0 aromatic carbocycles. The van der Waals surface area contributed by atoms with Crippen molar-refractivity contribution in [1.82, 2.24) is 14.8 Å². The molecule has 0 radical (unpaired) electrons. The number of nitrogens with zero attached hydrogens (tertiary/aromatic N) is 3. The summed E-state index contributed by atoms with van der Waals surface area (Å²) in [4.78, 5) is 32.7. The first-order valence-corrected chi connectivity index (χ1v) is 10.3. The van der Waals surface area contributed by atoms with Crippen LogP contribution in [0.15, 0.2) is 18.5 Å². The van der Waals surface area contributed by atoms with Gasteiger partial charge in [-0.05, 0) is 18.6 Å². The van der Waals surface area contributed by atoms with Crippen molar-refractivity contribution in [3.8, 4) is 0 Å². The van der Waals surface area contributed by atoms with Crippen molar-refractivity contribution in [1.29, 1.82) is 0 Å². The van der Waals surface area contributed by atoms with Crippen molar-refractivity contribution >= 4 is 21.7 Å². The molecule has 0 bridgehead atoms. The zero-order valence-electron chi connectivity index (χ0n) is 14.7. The lowest BCUT2D eigenvalue weighted by atomic mass is 10.0. The van der Waals surface area contributed by atoms with Crippen LogP contribution in [0.25, 0.3) is 0 Å². The normalized spacial score (nSPS) is 25.1. The summed E-state index contributed by atoms with van der Waals surface area (Å²) < 4.78 is 24.4. The van der Waals surface area contributed by atoms with E-state index in [1.807, 2.05) is 6.92 Å². The molecule has 2 aliphatic heterocycles. The summed E-state index contributed by atoms with van der Waals surface area (Å²) >= 11 is 0. The van der Waals surface area contributed by atoms with Crippen molar-refractivity contribution in [2.45, 2.75) is 32.9 Å². The maximum atomic E-state index is 13.0. The molecule has 2 aliphatic rings. The molecular formula is C17H23N3O4S. The molecule has 1 aromatic heterocycles. The van der Waals surface area contributed by atoms with Gasteiger partial charge in [-0.1, -0.05) is 13.8 Å². The van der Waals surface area contributed by atoms with Crippen LogP contribution in [0.3, 0.4) is 0 Å². The van der Waals surface area contributed by atoms with Crippen molar-refractivity contribution in [2.24, 2.45) is 5.92 Å². The van der Waals surface area contributed by atoms with E-state index in [4.69, 9.17) is 0 Å². The first-order chi connectivity index (χ1) is 11.7. The van der Waals surface area contributed by atoms with Crippen LogP contribution in [0.1, 0.15) is 29.8 Å². The molecule has 8 heteroatoms. The Morgan fingerprint density at radius 2 is 1.76 bits per heavy atom. The number of carbonyl (C=O) groups is 2. The molecule has 25 heavy (non-hydrogen) atoms. The van der Waals surface area contributed by atoms with Crippen molar-refractivity contribution in [3.63, 3.8) is 0 Å². The zero-order valence-corrected chi connectivity index (χ0v) is 15.5. The minimum absolute atomic E-state index is 0.0586. The summed E-state index contributed by atoms with van der Waals surface area (Å²) in [5, 5.41) is 0.